The van der Waals surface area contributed by atoms with Crippen LogP contribution < -0.4 is 5.43 Å². The van der Waals surface area contributed by atoms with Gasteiger partial charge in [-0.25, -0.2) is 5.43 Å². The van der Waals surface area contributed by atoms with Crippen molar-refractivity contribution >= 4 is 59.9 Å². The molecule has 8 heteroatoms. The topological polar surface area (TPSA) is 64.9 Å². The largest absolute Gasteiger partial charge is 0.506 e. The highest BCUT2D eigenvalue weighted by Crippen LogP contribution is 2.32. The van der Waals surface area contributed by atoms with E-state index in [9.17, 15) is 9.90 Å². The summed E-state index contributed by atoms with van der Waals surface area (Å²) in [4.78, 5) is 14.7. The molecule has 0 bridgehead atoms. The summed E-state index contributed by atoms with van der Waals surface area (Å²) in [7, 11) is 0. The normalized spacial score (nSPS) is 15.8. The van der Waals surface area contributed by atoms with Crippen molar-refractivity contribution in [1.29, 1.82) is 0 Å². The number of phenolic OH excluding ortho intramolecular Hbond substituents is 1. The number of nitrogens with zero attached hydrogens (tertiary/aromatic N) is 2. The second kappa shape index (κ2) is 10.0. The fourth-order valence-electron chi connectivity index (χ4n) is 3.12. The maximum Gasteiger partial charge on any atom is 0.243 e. The zero-order chi connectivity index (χ0) is 20.1. The number of phenols is 1. The van der Waals surface area contributed by atoms with E-state index in [-0.39, 0.29) is 17.6 Å². The van der Waals surface area contributed by atoms with Gasteiger partial charge in [-0.1, -0.05) is 28.1 Å². The fourth-order valence-corrected chi connectivity index (χ4v) is 4.61. The third kappa shape index (κ3) is 5.89. The predicted molar refractivity (Wildman–Crippen MR) is 121 cm³/mol. The van der Waals surface area contributed by atoms with E-state index in [1.54, 1.807) is 18.3 Å². The summed E-state index contributed by atoms with van der Waals surface area (Å²) in [5.74, 6) is 0.0733. The molecule has 28 heavy (non-hydrogen) atoms. The second-order valence-corrected chi connectivity index (χ2v) is 9.37. The van der Waals surface area contributed by atoms with Crippen molar-refractivity contribution in [3.63, 3.8) is 0 Å². The number of rotatable bonds is 5. The van der Waals surface area contributed by atoms with Gasteiger partial charge in [0.25, 0.3) is 0 Å². The van der Waals surface area contributed by atoms with Crippen molar-refractivity contribution in [3.8, 4) is 5.75 Å². The molecular formula is C20H20Br3N3O2. The van der Waals surface area contributed by atoms with Crippen LogP contribution in [-0.2, 0) is 11.3 Å². The number of benzene rings is 2. The highest BCUT2D eigenvalue weighted by Gasteiger charge is 2.24. The van der Waals surface area contributed by atoms with Crippen molar-refractivity contribution < 1.29 is 9.90 Å². The van der Waals surface area contributed by atoms with Crippen LogP contribution in [0.5, 0.6) is 5.75 Å². The van der Waals surface area contributed by atoms with Gasteiger partial charge in [0.2, 0.25) is 5.91 Å². The first-order valence-electron chi connectivity index (χ1n) is 8.90. The summed E-state index contributed by atoms with van der Waals surface area (Å²) in [5, 5.41) is 13.8. The summed E-state index contributed by atoms with van der Waals surface area (Å²) in [6, 6.07) is 11.8. The monoisotopic (exact) mass is 571 g/mol. The number of hydrogen-bond donors (Lipinski definition) is 2. The molecule has 0 spiro atoms. The molecule has 0 saturated carbocycles. The van der Waals surface area contributed by atoms with Crippen molar-refractivity contribution in [2.45, 2.75) is 19.4 Å². The maximum absolute atomic E-state index is 12.4. The van der Waals surface area contributed by atoms with Gasteiger partial charge in [0.05, 0.1) is 15.2 Å². The molecular weight excluding hydrogens is 554 g/mol. The minimum atomic E-state index is -0.0450. The second-order valence-electron chi connectivity index (χ2n) is 6.74. The molecule has 1 aliphatic rings. The van der Waals surface area contributed by atoms with Crippen LogP contribution in [0.4, 0.5) is 0 Å². The molecule has 1 saturated heterocycles. The van der Waals surface area contributed by atoms with Crippen molar-refractivity contribution in [2.24, 2.45) is 11.0 Å². The molecule has 1 aliphatic heterocycles. The summed E-state index contributed by atoms with van der Waals surface area (Å²) >= 11 is 10.0. The quantitative estimate of drug-likeness (QED) is 0.389. The Hall–Kier alpha value is -1.22. The predicted octanol–water partition coefficient (Wildman–Crippen LogP) is 5.04. The molecule has 0 unspecified atom stereocenters. The molecule has 2 N–H and O–H groups in total. The fraction of sp³-hybridized carbons (Fsp3) is 0.300. The van der Waals surface area contributed by atoms with E-state index >= 15 is 0 Å². The van der Waals surface area contributed by atoms with E-state index in [0.29, 0.717) is 8.95 Å². The first-order chi connectivity index (χ1) is 13.4. The van der Waals surface area contributed by atoms with Gasteiger partial charge >= 0.3 is 0 Å². The number of hydrazone groups is 1. The average molecular weight is 574 g/mol. The molecule has 0 radical (unpaired) electrons. The van der Waals surface area contributed by atoms with Crippen LogP contribution in [0, 0.1) is 5.92 Å². The Morgan fingerprint density at radius 1 is 1.14 bits per heavy atom. The maximum atomic E-state index is 12.4. The van der Waals surface area contributed by atoms with E-state index < -0.39 is 0 Å². The molecule has 0 atom stereocenters. The minimum absolute atomic E-state index is 0.0170. The standard InChI is InChI=1S/C20H20Br3N3O2/c21-16-3-1-13(2-4-16)12-26-7-5-15(6-8-26)20(28)25-24-11-14-9-17(22)19(27)18(23)10-14/h1-4,9-11,15,27H,5-8,12H2,(H,25,28)/b24-11-. The van der Waals surface area contributed by atoms with E-state index in [1.165, 1.54) is 5.56 Å². The number of halogens is 3. The lowest BCUT2D eigenvalue weighted by Gasteiger charge is -2.30. The Morgan fingerprint density at radius 3 is 2.36 bits per heavy atom. The lowest BCUT2D eigenvalue weighted by Crippen LogP contribution is -2.39. The van der Waals surface area contributed by atoms with E-state index in [1.807, 2.05) is 0 Å². The number of amides is 1. The van der Waals surface area contributed by atoms with Crippen molar-refractivity contribution in [1.82, 2.24) is 10.3 Å². The summed E-state index contributed by atoms with van der Waals surface area (Å²) in [5.41, 5.74) is 4.68. The summed E-state index contributed by atoms with van der Waals surface area (Å²) < 4.78 is 2.21. The van der Waals surface area contributed by atoms with Crippen LogP contribution in [0.2, 0.25) is 0 Å². The molecule has 0 aliphatic carbocycles. The van der Waals surface area contributed by atoms with E-state index in [2.05, 4.69) is 87.5 Å². The van der Waals surface area contributed by atoms with Crippen molar-refractivity contribution in [3.05, 3.63) is 60.9 Å². The van der Waals surface area contributed by atoms with Crippen LogP contribution in [0.3, 0.4) is 0 Å². The highest BCUT2D eigenvalue weighted by molar-refractivity contribution is 9.11. The molecule has 3 rings (SSSR count). The third-order valence-corrected chi connectivity index (χ3v) is 6.44. The molecule has 1 heterocycles. The molecule has 1 amide bonds. The third-order valence-electron chi connectivity index (χ3n) is 4.71. The SMILES string of the molecule is O=C(N/N=C\c1cc(Br)c(O)c(Br)c1)C1CCN(Cc2ccc(Br)cc2)CC1. The molecule has 0 aromatic heterocycles. The lowest BCUT2D eigenvalue weighted by molar-refractivity contribution is -0.126. The minimum Gasteiger partial charge on any atom is -0.506 e. The number of carbonyl (C=O) groups excluding carboxylic acids is 1. The summed E-state index contributed by atoms with van der Waals surface area (Å²) in [6.07, 6.45) is 3.22. The number of carbonyl (C=O) groups is 1. The Bertz CT molecular complexity index is 840. The van der Waals surface area contributed by atoms with Gasteiger partial charge in [-0.15, -0.1) is 0 Å². The average Bonchev–Trinajstić information content (AvgIpc) is 2.68. The molecule has 1 fully saturated rings. The van der Waals surface area contributed by atoms with Gasteiger partial charge < -0.3 is 5.11 Å². The highest BCUT2D eigenvalue weighted by atomic mass is 79.9. The Labute approximate surface area is 189 Å². The zero-order valence-electron chi connectivity index (χ0n) is 15.0. The molecule has 2 aromatic carbocycles. The molecule has 148 valence electrons. The van der Waals surface area contributed by atoms with Crippen LogP contribution in [0.1, 0.15) is 24.0 Å². The van der Waals surface area contributed by atoms with Crippen LogP contribution >= 0.6 is 47.8 Å². The van der Waals surface area contributed by atoms with Gasteiger partial charge in [-0.3, -0.25) is 9.69 Å². The molecule has 2 aromatic rings. The Balaban J connectivity index is 1.46. The van der Waals surface area contributed by atoms with Gasteiger partial charge in [0.1, 0.15) is 5.75 Å². The zero-order valence-corrected chi connectivity index (χ0v) is 19.8. The van der Waals surface area contributed by atoms with E-state index in [0.717, 1.165) is 42.5 Å². The van der Waals surface area contributed by atoms with Crippen LogP contribution in [-0.4, -0.2) is 35.2 Å². The lowest BCUT2D eigenvalue weighted by atomic mass is 9.96. The first-order valence-corrected chi connectivity index (χ1v) is 11.3. The number of aromatic hydroxyl groups is 1. The van der Waals surface area contributed by atoms with Gasteiger partial charge in [-0.2, -0.15) is 5.10 Å². The van der Waals surface area contributed by atoms with Gasteiger partial charge in [0.15, 0.2) is 0 Å². The van der Waals surface area contributed by atoms with Gasteiger partial charge in [0, 0.05) is 16.9 Å². The van der Waals surface area contributed by atoms with Crippen LogP contribution in [0.25, 0.3) is 0 Å². The van der Waals surface area contributed by atoms with Crippen LogP contribution in [0.15, 0.2) is 54.9 Å². The Morgan fingerprint density at radius 2 is 1.75 bits per heavy atom. The number of likely N-dealkylation sites (tertiary alicyclic amines) is 1. The van der Waals surface area contributed by atoms with Crippen molar-refractivity contribution in [2.75, 3.05) is 13.1 Å². The molecule has 5 nitrogen and oxygen atoms in total. The smallest absolute Gasteiger partial charge is 0.243 e. The number of nitrogens with one attached hydrogen (secondary N) is 1. The Kier molecular flexibility index (Phi) is 7.68. The number of hydrogen-bond acceptors (Lipinski definition) is 4. The van der Waals surface area contributed by atoms with Gasteiger partial charge in [-0.05, 0) is 93.2 Å². The van der Waals surface area contributed by atoms with E-state index in [4.69, 9.17) is 0 Å². The number of piperidine rings is 1. The summed E-state index contributed by atoms with van der Waals surface area (Å²) in [6.45, 7) is 2.70. The first kappa shape index (κ1) is 21.5.